The number of carbonyl (C=O) groups is 2. The first-order valence-electron chi connectivity index (χ1n) is 6.74. The van der Waals surface area contributed by atoms with Gasteiger partial charge in [0.15, 0.2) is 0 Å². The average Bonchev–Trinajstić information content (AvgIpc) is 2.34. The van der Waals surface area contributed by atoms with Crippen molar-refractivity contribution in [3.63, 3.8) is 0 Å². The Kier molecular flexibility index (Phi) is 11.3. The van der Waals surface area contributed by atoms with Gasteiger partial charge < -0.3 is 9.84 Å². The quantitative estimate of drug-likeness (QED) is 0.350. The van der Waals surface area contributed by atoms with Gasteiger partial charge in [0.2, 0.25) is 0 Å². The van der Waals surface area contributed by atoms with E-state index in [0.29, 0.717) is 6.61 Å². The van der Waals surface area contributed by atoms with Gasteiger partial charge >= 0.3 is 11.9 Å². The van der Waals surface area contributed by atoms with Crippen molar-refractivity contribution in [3.8, 4) is 0 Å². The minimum atomic E-state index is -1.14. The summed E-state index contributed by atoms with van der Waals surface area (Å²) in [5, 5.41) is 8.30. The minimum absolute atomic E-state index is 0.373. The Bertz CT molecular complexity index is 259. The number of ether oxygens (including phenoxy) is 1. The highest BCUT2D eigenvalue weighted by Crippen LogP contribution is 2.08. The van der Waals surface area contributed by atoms with Gasteiger partial charge in [-0.05, 0) is 6.42 Å². The van der Waals surface area contributed by atoms with Gasteiger partial charge in [0.05, 0.1) is 6.61 Å². The Labute approximate surface area is 109 Å². The first kappa shape index (κ1) is 16.7. The maximum atomic E-state index is 11.0. The summed E-state index contributed by atoms with van der Waals surface area (Å²) in [5.41, 5.74) is 0. The minimum Gasteiger partial charge on any atom is -0.478 e. The molecule has 104 valence electrons. The second-order valence-electron chi connectivity index (χ2n) is 4.31. The van der Waals surface area contributed by atoms with Crippen LogP contribution in [-0.4, -0.2) is 23.7 Å². The fourth-order valence-corrected chi connectivity index (χ4v) is 1.60. The van der Waals surface area contributed by atoms with Gasteiger partial charge in [0.25, 0.3) is 0 Å². The Hall–Kier alpha value is -1.32. The van der Waals surface area contributed by atoms with Crippen molar-refractivity contribution in [1.82, 2.24) is 0 Å². The molecule has 0 unspecified atom stereocenters. The maximum Gasteiger partial charge on any atom is 0.331 e. The molecule has 4 heteroatoms. The van der Waals surface area contributed by atoms with E-state index in [1.807, 2.05) is 0 Å². The Morgan fingerprint density at radius 3 is 2.06 bits per heavy atom. The summed E-state index contributed by atoms with van der Waals surface area (Å²) in [5.74, 6) is -1.72. The zero-order valence-corrected chi connectivity index (χ0v) is 11.2. The van der Waals surface area contributed by atoms with E-state index in [-0.39, 0.29) is 0 Å². The van der Waals surface area contributed by atoms with Crippen LogP contribution in [0, 0.1) is 0 Å². The summed E-state index contributed by atoms with van der Waals surface area (Å²) in [4.78, 5) is 21.1. The smallest absolute Gasteiger partial charge is 0.331 e. The number of carboxylic acid groups (broad SMARTS) is 1. The molecule has 0 aliphatic heterocycles. The van der Waals surface area contributed by atoms with Crippen LogP contribution in [-0.2, 0) is 14.3 Å². The lowest BCUT2D eigenvalue weighted by atomic mass is 10.1. The highest BCUT2D eigenvalue weighted by Gasteiger charge is 1.98. The molecule has 0 amide bonds. The van der Waals surface area contributed by atoms with Crippen molar-refractivity contribution < 1.29 is 19.4 Å². The fraction of sp³-hybridized carbons (Fsp3) is 0.714. The van der Waals surface area contributed by atoms with Gasteiger partial charge in [0.1, 0.15) is 0 Å². The third kappa shape index (κ3) is 12.7. The van der Waals surface area contributed by atoms with Gasteiger partial charge in [0, 0.05) is 12.2 Å². The third-order valence-corrected chi connectivity index (χ3v) is 2.60. The molecule has 0 rings (SSSR count). The summed E-state index contributed by atoms with van der Waals surface area (Å²) in [6, 6.07) is 0. The van der Waals surface area contributed by atoms with Gasteiger partial charge in [-0.25, -0.2) is 9.59 Å². The molecule has 0 fully saturated rings. The van der Waals surface area contributed by atoms with Crippen LogP contribution in [0.3, 0.4) is 0 Å². The topological polar surface area (TPSA) is 63.6 Å². The first-order chi connectivity index (χ1) is 8.66. The van der Waals surface area contributed by atoms with Crippen LogP contribution in [0.25, 0.3) is 0 Å². The van der Waals surface area contributed by atoms with Crippen LogP contribution in [0.15, 0.2) is 12.2 Å². The number of esters is 1. The molecule has 0 heterocycles. The molecular formula is C14H24O4. The largest absolute Gasteiger partial charge is 0.478 e. The van der Waals surface area contributed by atoms with Crippen molar-refractivity contribution in [1.29, 1.82) is 0 Å². The van der Waals surface area contributed by atoms with Gasteiger partial charge in [-0.15, -0.1) is 0 Å². The molecule has 0 atom stereocenters. The summed E-state index contributed by atoms with van der Waals surface area (Å²) in [6.45, 7) is 2.57. The van der Waals surface area contributed by atoms with E-state index in [2.05, 4.69) is 6.92 Å². The standard InChI is InChI=1S/C14H24O4/c1-2-3-4-5-6-7-8-9-12-18-14(17)11-10-13(15)16/h10-11H,2-9,12H2,1H3,(H,15,16). The van der Waals surface area contributed by atoms with Crippen LogP contribution in [0.4, 0.5) is 0 Å². The van der Waals surface area contributed by atoms with Crippen molar-refractivity contribution in [2.24, 2.45) is 0 Å². The van der Waals surface area contributed by atoms with Crippen LogP contribution >= 0.6 is 0 Å². The van der Waals surface area contributed by atoms with Crippen LogP contribution in [0.5, 0.6) is 0 Å². The predicted molar refractivity (Wildman–Crippen MR) is 70.3 cm³/mol. The number of carboxylic acids is 1. The van der Waals surface area contributed by atoms with Gasteiger partial charge in [-0.3, -0.25) is 0 Å². The summed E-state index contributed by atoms with van der Waals surface area (Å²) in [6.07, 6.45) is 11.2. The third-order valence-electron chi connectivity index (χ3n) is 2.60. The molecule has 0 saturated heterocycles. The first-order valence-corrected chi connectivity index (χ1v) is 6.74. The highest BCUT2D eigenvalue weighted by molar-refractivity contribution is 5.90. The summed E-state index contributed by atoms with van der Waals surface area (Å²) in [7, 11) is 0. The molecule has 0 saturated carbocycles. The predicted octanol–water partition coefficient (Wildman–Crippen LogP) is 3.31. The normalized spacial score (nSPS) is 10.7. The van der Waals surface area contributed by atoms with Crippen molar-refractivity contribution >= 4 is 11.9 Å². The lowest BCUT2D eigenvalue weighted by molar-refractivity contribution is -0.138. The van der Waals surface area contributed by atoms with Crippen LogP contribution in [0.1, 0.15) is 58.3 Å². The Morgan fingerprint density at radius 1 is 0.944 bits per heavy atom. The van der Waals surface area contributed by atoms with Crippen LogP contribution < -0.4 is 0 Å². The highest BCUT2D eigenvalue weighted by atomic mass is 16.5. The van der Waals surface area contributed by atoms with E-state index in [1.54, 1.807) is 0 Å². The average molecular weight is 256 g/mol. The monoisotopic (exact) mass is 256 g/mol. The number of rotatable bonds is 11. The van der Waals surface area contributed by atoms with E-state index in [1.165, 1.54) is 38.5 Å². The molecule has 0 spiro atoms. The molecule has 0 aromatic rings. The van der Waals surface area contributed by atoms with Gasteiger partial charge in [-0.1, -0.05) is 51.9 Å². The second kappa shape index (κ2) is 12.1. The molecule has 0 aromatic heterocycles. The fourth-order valence-electron chi connectivity index (χ4n) is 1.60. The molecule has 0 bridgehead atoms. The SMILES string of the molecule is CCCCCCCCCCOC(=O)C=CC(=O)O. The lowest BCUT2D eigenvalue weighted by Gasteiger charge is -2.02. The molecule has 0 radical (unpaired) electrons. The molecule has 1 N–H and O–H groups in total. The molecule has 18 heavy (non-hydrogen) atoms. The number of carbonyl (C=O) groups excluding carboxylic acids is 1. The zero-order valence-electron chi connectivity index (χ0n) is 11.2. The number of aliphatic carboxylic acids is 1. The van der Waals surface area contributed by atoms with Crippen molar-refractivity contribution in [2.45, 2.75) is 58.3 Å². The van der Waals surface area contributed by atoms with E-state index < -0.39 is 11.9 Å². The Balaban J connectivity index is 3.25. The number of unbranched alkanes of at least 4 members (excludes halogenated alkanes) is 7. The summed E-state index contributed by atoms with van der Waals surface area (Å²) < 4.78 is 4.85. The number of hydrogen-bond donors (Lipinski definition) is 1. The van der Waals surface area contributed by atoms with E-state index in [9.17, 15) is 9.59 Å². The van der Waals surface area contributed by atoms with Crippen molar-refractivity contribution in [2.75, 3.05) is 6.61 Å². The Morgan fingerprint density at radius 2 is 1.50 bits per heavy atom. The van der Waals surface area contributed by atoms with Crippen molar-refractivity contribution in [3.05, 3.63) is 12.2 Å². The van der Waals surface area contributed by atoms with E-state index in [0.717, 1.165) is 25.0 Å². The summed E-state index contributed by atoms with van der Waals surface area (Å²) >= 11 is 0. The molecule has 0 aromatic carbocycles. The molecule has 4 nitrogen and oxygen atoms in total. The maximum absolute atomic E-state index is 11.0. The molecular weight excluding hydrogens is 232 g/mol. The molecule has 0 aliphatic rings. The van der Waals surface area contributed by atoms with E-state index >= 15 is 0 Å². The van der Waals surface area contributed by atoms with Crippen LogP contribution in [0.2, 0.25) is 0 Å². The van der Waals surface area contributed by atoms with Gasteiger partial charge in [-0.2, -0.15) is 0 Å². The zero-order chi connectivity index (χ0) is 13.6. The van der Waals surface area contributed by atoms with E-state index in [4.69, 9.17) is 9.84 Å². The second-order valence-corrected chi connectivity index (χ2v) is 4.31. The number of hydrogen-bond acceptors (Lipinski definition) is 3. The molecule has 0 aliphatic carbocycles. The lowest BCUT2D eigenvalue weighted by Crippen LogP contribution is -2.03.